The molecule has 5 heteroatoms. The number of hydrogen-bond acceptors (Lipinski definition) is 5. The Bertz CT molecular complexity index is 883. The summed E-state index contributed by atoms with van der Waals surface area (Å²) < 4.78 is 17.9. The van der Waals surface area contributed by atoms with Crippen LogP contribution in [0.1, 0.15) is 71.6 Å². The van der Waals surface area contributed by atoms with Crippen molar-refractivity contribution < 1.29 is 24.1 Å². The normalized spacial score (nSPS) is 39.5. The molecular formula is C31H44O5. The van der Waals surface area contributed by atoms with E-state index in [1.807, 2.05) is 6.08 Å². The van der Waals surface area contributed by atoms with Crippen LogP contribution in [-0.4, -0.2) is 48.2 Å². The predicted molar refractivity (Wildman–Crippen MR) is 142 cm³/mol. The van der Waals surface area contributed by atoms with Gasteiger partial charge in [-0.2, -0.15) is 0 Å². The number of cyclic esters (lactones) is 1. The lowest BCUT2D eigenvalue weighted by Crippen LogP contribution is -2.26. The summed E-state index contributed by atoms with van der Waals surface area (Å²) >= 11 is 0. The summed E-state index contributed by atoms with van der Waals surface area (Å²) in [6, 6.07) is 0. The van der Waals surface area contributed by atoms with Crippen LogP contribution in [0.3, 0.4) is 0 Å². The fraction of sp³-hybridized carbons (Fsp3) is 0.645. The molecule has 0 radical (unpaired) electrons. The van der Waals surface area contributed by atoms with Gasteiger partial charge < -0.3 is 19.3 Å². The van der Waals surface area contributed by atoms with Gasteiger partial charge in [-0.3, -0.25) is 0 Å². The van der Waals surface area contributed by atoms with E-state index in [4.69, 9.17) is 14.2 Å². The van der Waals surface area contributed by atoms with Crippen LogP contribution in [0.15, 0.2) is 60.3 Å². The van der Waals surface area contributed by atoms with Gasteiger partial charge in [-0.05, 0) is 76.0 Å². The van der Waals surface area contributed by atoms with Gasteiger partial charge in [0.15, 0.2) is 0 Å². The van der Waals surface area contributed by atoms with Crippen molar-refractivity contribution in [1.29, 1.82) is 0 Å². The zero-order valence-corrected chi connectivity index (χ0v) is 22.0. The Balaban J connectivity index is 1.40. The first-order chi connectivity index (χ1) is 17.4. The van der Waals surface area contributed by atoms with E-state index < -0.39 is 0 Å². The van der Waals surface area contributed by atoms with Crippen LogP contribution >= 0.6 is 0 Å². The SMILES string of the molecule is C=C1C[C@H](C)C[C@@H]2CC=C[C@@H](C/C=C\C(=O)O[C@H](C/C=C/[C@@H]3CC(C)=CCO3)C[C@H]3CC3[C@@H](O)C1)O2. The Hall–Kier alpha value is -1.95. The number of esters is 1. The molecule has 5 nitrogen and oxygen atoms in total. The molecule has 0 aromatic rings. The summed E-state index contributed by atoms with van der Waals surface area (Å²) in [5.41, 5.74) is 2.47. The number of carbonyl (C=O) groups excluding carboxylic acids is 1. The van der Waals surface area contributed by atoms with Gasteiger partial charge in [0.1, 0.15) is 6.10 Å². The van der Waals surface area contributed by atoms with Gasteiger partial charge in [0, 0.05) is 12.5 Å². The van der Waals surface area contributed by atoms with Crippen molar-refractivity contribution in [2.75, 3.05) is 6.61 Å². The standard InChI is InChI=1S/C31H44O5/c1-21-13-14-34-26(16-21)9-5-11-28-19-24-20-29(24)30(32)18-23(3)15-22(2)17-27-10-4-7-25(35-27)8-6-12-31(33)36-28/h4-7,9,12-13,22,24-30,32H,3,8,10-11,14-20H2,1-2H3/b9-5+,12-6-/t22-,24-,25-,26+,27-,28+,29?,30-/m0/s1. The second-order valence-corrected chi connectivity index (χ2v) is 11.4. The molecule has 1 N–H and O–H groups in total. The topological polar surface area (TPSA) is 65.0 Å². The van der Waals surface area contributed by atoms with Crippen molar-refractivity contribution in [3.05, 3.63) is 60.3 Å². The van der Waals surface area contributed by atoms with E-state index in [9.17, 15) is 9.90 Å². The van der Waals surface area contributed by atoms with Gasteiger partial charge in [0.25, 0.3) is 0 Å². The van der Waals surface area contributed by atoms with Crippen LogP contribution in [-0.2, 0) is 19.0 Å². The van der Waals surface area contributed by atoms with Crippen molar-refractivity contribution >= 4 is 5.97 Å². The van der Waals surface area contributed by atoms with E-state index in [1.54, 1.807) is 6.08 Å². The number of rotatable bonds is 3. The molecule has 1 saturated carbocycles. The van der Waals surface area contributed by atoms with Gasteiger partial charge in [-0.1, -0.05) is 61.1 Å². The zero-order valence-electron chi connectivity index (χ0n) is 22.0. The summed E-state index contributed by atoms with van der Waals surface area (Å²) in [5, 5.41) is 10.9. The first kappa shape index (κ1) is 27.1. The Kier molecular flexibility index (Phi) is 9.80. The minimum absolute atomic E-state index is 0.0112. The lowest BCUT2D eigenvalue weighted by atomic mass is 9.91. The highest BCUT2D eigenvalue weighted by atomic mass is 16.5. The minimum atomic E-state index is -0.371. The van der Waals surface area contributed by atoms with Gasteiger partial charge >= 0.3 is 5.97 Å². The second kappa shape index (κ2) is 13.0. The van der Waals surface area contributed by atoms with Crippen molar-refractivity contribution in [2.45, 2.75) is 102 Å². The summed E-state index contributed by atoms with van der Waals surface area (Å²) in [6.45, 7) is 9.30. The van der Waals surface area contributed by atoms with E-state index in [0.717, 1.165) is 44.1 Å². The molecule has 1 unspecified atom stereocenters. The van der Waals surface area contributed by atoms with E-state index in [-0.39, 0.29) is 42.4 Å². The van der Waals surface area contributed by atoms with Crippen molar-refractivity contribution in [2.24, 2.45) is 17.8 Å². The smallest absolute Gasteiger partial charge is 0.330 e. The van der Waals surface area contributed by atoms with Gasteiger partial charge in [-0.25, -0.2) is 4.79 Å². The van der Waals surface area contributed by atoms with Crippen molar-refractivity contribution in [1.82, 2.24) is 0 Å². The first-order valence-corrected chi connectivity index (χ1v) is 13.8. The summed E-state index contributed by atoms with van der Waals surface area (Å²) in [4.78, 5) is 12.7. The van der Waals surface area contributed by atoms with Crippen LogP contribution in [0.4, 0.5) is 0 Å². The molecule has 0 spiro atoms. The summed E-state index contributed by atoms with van der Waals surface area (Å²) in [6.07, 6.45) is 21.1. The predicted octanol–water partition coefficient (Wildman–Crippen LogP) is 6.00. The fourth-order valence-electron chi connectivity index (χ4n) is 5.90. The first-order valence-electron chi connectivity index (χ1n) is 13.8. The fourth-order valence-corrected chi connectivity index (χ4v) is 5.90. The number of carbonyl (C=O) groups is 1. The van der Waals surface area contributed by atoms with Crippen molar-refractivity contribution in [3.8, 4) is 0 Å². The Morgan fingerprint density at radius 1 is 1.14 bits per heavy atom. The molecule has 1 aliphatic carbocycles. The van der Waals surface area contributed by atoms with Crippen LogP contribution in [0.5, 0.6) is 0 Å². The maximum Gasteiger partial charge on any atom is 0.330 e. The molecule has 2 bridgehead atoms. The van der Waals surface area contributed by atoms with E-state index in [0.29, 0.717) is 37.7 Å². The number of aliphatic hydroxyl groups is 1. The summed E-state index contributed by atoms with van der Waals surface area (Å²) in [7, 11) is 0. The van der Waals surface area contributed by atoms with E-state index >= 15 is 0 Å². The van der Waals surface area contributed by atoms with Gasteiger partial charge in [-0.15, -0.1) is 0 Å². The largest absolute Gasteiger partial charge is 0.459 e. The molecule has 0 saturated heterocycles. The highest BCUT2D eigenvalue weighted by Crippen LogP contribution is 2.47. The molecular weight excluding hydrogens is 452 g/mol. The maximum atomic E-state index is 12.7. The van der Waals surface area contributed by atoms with Crippen molar-refractivity contribution in [3.63, 3.8) is 0 Å². The third-order valence-electron chi connectivity index (χ3n) is 7.87. The van der Waals surface area contributed by atoms with E-state index in [1.165, 1.54) is 5.57 Å². The minimum Gasteiger partial charge on any atom is -0.459 e. The molecule has 36 heavy (non-hydrogen) atoms. The van der Waals surface area contributed by atoms with Crippen LogP contribution in [0.2, 0.25) is 0 Å². The number of aliphatic hydroxyl groups excluding tert-OH is 1. The third-order valence-corrected chi connectivity index (χ3v) is 7.87. The molecule has 1 fully saturated rings. The van der Waals surface area contributed by atoms with Crippen LogP contribution in [0.25, 0.3) is 0 Å². The maximum absolute atomic E-state index is 12.7. The number of ether oxygens (including phenoxy) is 3. The summed E-state index contributed by atoms with van der Waals surface area (Å²) in [5.74, 6) is 0.801. The van der Waals surface area contributed by atoms with Crippen LogP contribution in [0, 0.1) is 17.8 Å². The Labute approximate surface area is 217 Å². The molecule has 0 aromatic heterocycles. The number of hydrogen-bond donors (Lipinski definition) is 1. The molecule has 3 aliphatic heterocycles. The average Bonchev–Trinajstić information content (AvgIpc) is 3.58. The Morgan fingerprint density at radius 3 is 2.83 bits per heavy atom. The lowest BCUT2D eigenvalue weighted by molar-refractivity contribution is -0.143. The monoisotopic (exact) mass is 496 g/mol. The molecule has 3 heterocycles. The number of fused-ring (bicyclic) bond motifs is 3. The lowest BCUT2D eigenvalue weighted by Gasteiger charge is -2.28. The average molecular weight is 497 g/mol. The van der Waals surface area contributed by atoms with Gasteiger partial charge in [0.05, 0.1) is 31.0 Å². The Morgan fingerprint density at radius 2 is 2.00 bits per heavy atom. The highest BCUT2D eigenvalue weighted by Gasteiger charge is 2.43. The quantitative estimate of drug-likeness (QED) is 0.383. The zero-order chi connectivity index (χ0) is 25.5. The van der Waals surface area contributed by atoms with Crippen LogP contribution < -0.4 is 0 Å². The third kappa shape index (κ3) is 8.57. The molecule has 4 rings (SSSR count). The van der Waals surface area contributed by atoms with Gasteiger partial charge in [0.2, 0.25) is 0 Å². The highest BCUT2D eigenvalue weighted by molar-refractivity contribution is 5.82. The second-order valence-electron chi connectivity index (χ2n) is 11.4. The molecule has 4 aliphatic rings. The van der Waals surface area contributed by atoms with E-state index in [2.05, 4.69) is 50.8 Å². The molecule has 198 valence electrons. The molecule has 8 atom stereocenters. The molecule has 0 amide bonds. The molecule has 0 aromatic carbocycles.